The fraction of sp³-hybridized carbons (Fsp3) is 0.0952. The summed E-state index contributed by atoms with van der Waals surface area (Å²) in [5.74, 6) is -4.49. The van der Waals surface area contributed by atoms with Crippen LogP contribution >= 0.6 is 0 Å². The Labute approximate surface area is 178 Å². The lowest BCUT2D eigenvalue weighted by molar-refractivity contribution is -0.0884. The van der Waals surface area contributed by atoms with Crippen LogP contribution in [0.15, 0.2) is 54.7 Å². The largest absolute Gasteiger partial charge is 0.454 e. The fourth-order valence-corrected chi connectivity index (χ4v) is 2.86. The summed E-state index contributed by atoms with van der Waals surface area (Å²) in [6.45, 7) is -0.0957. The van der Waals surface area contributed by atoms with Crippen LogP contribution in [0, 0.1) is 11.6 Å². The number of halogens is 5. The highest BCUT2D eigenvalue weighted by atomic mass is 19.4. The van der Waals surface area contributed by atoms with Crippen molar-refractivity contribution in [3.8, 4) is 0 Å². The summed E-state index contributed by atoms with van der Waals surface area (Å²) in [7, 11) is 0. The van der Waals surface area contributed by atoms with Crippen molar-refractivity contribution in [2.24, 2.45) is 5.73 Å². The van der Waals surface area contributed by atoms with Crippen LogP contribution < -0.4 is 16.4 Å². The van der Waals surface area contributed by atoms with Crippen LogP contribution in [0.4, 0.5) is 39.1 Å². The quantitative estimate of drug-likeness (QED) is 0.362. The molecule has 0 aliphatic heterocycles. The molecule has 166 valence electrons. The molecule has 0 atom stereocenters. The first-order valence-corrected chi connectivity index (χ1v) is 9.01. The topological polar surface area (TPSA) is 97.1 Å². The van der Waals surface area contributed by atoms with Crippen LogP contribution in [0.3, 0.4) is 0 Å². The Morgan fingerprint density at radius 2 is 1.59 bits per heavy atom. The van der Waals surface area contributed by atoms with E-state index in [-0.39, 0.29) is 34.9 Å². The highest BCUT2D eigenvalue weighted by Gasteiger charge is 2.40. The monoisotopic (exact) mass is 450 g/mol. The third kappa shape index (κ3) is 5.36. The van der Waals surface area contributed by atoms with Crippen LogP contribution in [0.5, 0.6) is 0 Å². The zero-order valence-corrected chi connectivity index (χ0v) is 16.1. The summed E-state index contributed by atoms with van der Waals surface area (Å²) < 4.78 is 65.4. The number of Topliss-reactive ketones (excluding diaryl/α,β-unsaturated/α-hetero) is 1. The predicted octanol–water partition coefficient (Wildman–Crippen LogP) is 4.56. The summed E-state index contributed by atoms with van der Waals surface area (Å²) in [6.07, 6.45) is -4.00. The minimum Gasteiger partial charge on any atom is -0.380 e. The van der Waals surface area contributed by atoms with Gasteiger partial charge < -0.3 is 16.4 Å². The van der Waals surface area contributed by atoms with Gasteiger partial charge in [-0.3, -0.25) is 9.59 Å². The molecule has 0 saturated heterocycles. The second kappa shape index (κ2) is 9.00. The number of nitrogens with zero attached hydrogens (tertiary/aromatic N) is 1. The first kappa shape index (κ1) is 22.7. The van der Waals surface area contributed by atoms with E-state index in [1.807, 2.05) is 0 Å². The molecule has 0 aliphatic rings. The van der Waals surface area contributed by atoms with E-state index in [1.165, 1.54) is 24.3 Å². The van der Waals surface area contributed by atoms with Crippen LogP contribution in [-0.2, 0) is 6.54 Å². The highest BCUT2D eigenvalue weighted by Crippen LogP contribution is 2.29. The number of nitrogens with one attached hydrogen (secondary N) is 2. The molecule has 6 nitrogen and oxygen atoms in total. The molecule has 32 heavy (non-hydrogen) atoms. The number of nitrogens with two attached hydrogens (primary N) is 1. The summed E-state index contributed by atoms with van der Waals surface area (Å²) in [5, 5.41) is 5.40. The number of rotatable bonds is 7. The Bertz CT molecular complexity index is 1160. The third-order valence-electron chi connectivity index (χ3n) is 4.27. The number of aromatic nitrogens is 1. The minimum absolute atomic E-state index is 0.00894. The molecule has 0 aliphatic carbocycles. The molecule has 0 spiro atoms. The van der Waals surface area contributed by atoms with E-state index in [9.17, 15) is 31.5 Å². The Kier molecular flexibility index (Phi) is 6.37. The maximum absolute atomic E-state index is 13.4. The first-order valence-electron chi connectivity index (χ1n) is 9.01. The van der Waals surface area contributed by atoms with Crippen LogP contribution in [0.2, 0.25) is 0 Å². The van der Waals surface area contributed by atoms with Gasteiger partial charge >= 0.3 is 6.18 Å². The number of benzene rings is 2. The van der Waals surface area contributed by atoms with Gasteiger partial charge in [-0.05, 0) is 29.8 Å². The number of primary amides is 1. The molecule has 0 radical (unpaired) electrons. The van der Waals surface area contributed by atoms with Gasteiger partial charge in [0.1, 0.15) is 17.5 Å². The number of ketones is 1. The highest BCUT2D eigenvalue weighted by molar-refractivity contribution is 6.05. The van der Waals surface area contributed by atoms with Crippen molar-refractivity contribution in [1.82, 2.24) is 4.98 Å². The summed E-state index contributed by atoms with van der Waals surface area (Å²) >= 11 is 0. The summed E-state index contributed by atoms with van der Waals surface area (Å²) in [5.41, 5.74) is 4.81. The average molecular weight is 450 g/mol. The van der Waals surface area contributed by atoms with E-state index in [2.05, 4.69) is 15.6 Å². The van der Waals surface area contributed by atoms with Gasteiger partial charge in [-0.25, -0.2) is 13.8 Å². The van der Waals surface area contributed by atoms with Gasteiger partial charge in [0.2, 0.25) is 0 Å². The van der Waals surface area contributed by atoms with Crippen molar-refractivity contribution in [2.45, 2.75) is 12.7 Å². The Morgan fingerprint density at radius 1 is 0.938 bits per heavy atom. The molecule has 4 N–H and O–H groups in total. The van der Waals surface area contributed by atoms with Gasteiger partial charge in [-0.2, -0.15) is 13.2 Å². The van der Waals surface area contributed by atoms with Crippen LogP contribution in [0.25, 0.3) is 0 Å². The second-order valence-electron chi connectivity index (χ2n) is 6.61. The van der Waals surface area contributed by atoms with Crippen molar-refractivity contribution >= 4 is 28.9 Å². The second-order valence-corrected chi connectivity index (χ2v) is 6.61. The Hall–Kier alpha value is -4.02. The van der Waals surface area contributed by atoms with Gasteiger partial charge in [0.15, 0.2) is 0 Å². The SMILES string of the molecule is NC(=O)c1cnc(Nc2ccccc2C(=O)C(F)(F)F)cc1NCc1cc(F)cc(F)c1. The minimum atomic E-state index is -5.08. The first-order chi connectivity index (χ1) is 15.0. The molecule has 0 fully saturated rings. The Balaban J connectivity index is 1.90. The van der Waals surface area contributed by atoms with Crippen molar-refractivity contribution in [3.63, 3.8) is 0 Å². The van der Waals surface area contributed by atoms with Crippen molar-refractivity contribution in [1.29, 1.82) is 0 Å². The van der Waals surface area contributed by atoms with Gasteiger partial charge in [0.05, 0.1) is 22.5 Å². The number of pyridine rings is 1. The van der Waals surface area contributed by atoms with Crippen molar-refractivity contribution in [3.05, 3.63) is 83.1 Å². The number of carbonyl (C=O) groups excluding carboxylic acids is 2. The number of anilines is 3. The molecule has 1 heterocycles. The van der Waals surface area contributed by atoms with Gasteiger partial charge in [-0.1, -0.05) is 12.1 Å². The fourth-order valence-electron chi connectivity index (χ4n) is 2.86. The molecular formula is C21H15F5N4O2. The smallest absolute Gasteiger partial charge is 0.380 e. The lowest BCUT2D eigenvalue weighted by Crippen LogP contribution is -2.23. The summed E-state index contributed by atoms with van der Waals surface area (Å²) in [4.78, 5) is 27.3. The zero-order chi connectivity index (χ0) is 23.5. The predicted molar refractivity (Wildman–Crippen MR) is 107 cm³/mol. The van der Waals surface area contributed by atoms with Crippen LogP contribution in [0.1, 0.15) is 26.3 Å². The number of para-hydroxylation sites is 1. The Morgan fingerprint density at radius 3 is 2.22 bits per heavy atom. The molecule has 1 amide bonds. The molecule has 0 unspecified atom stereocenters. The number of alkyl halides is 3. The maximum atomic E-state index is 13.4. The van der Waals surface area contributed by atoms with Gasteiger partial charge in [-0.15, -0.1) is 0 Å². The molecule has 2 aromatic carbocycles. The summed E-state index contributed by atoms with van der Waals surface area (Å²) in [6, 6.07) is 9.10. The maximum Gasteiger partial charge on any atom is 0.454 e. The normalized spacial score (nSPS) is 11.2. The zero-order valence-electron chi connectivity index (χ0n) is 16.1. The van der Waals surface area contributed by atoms with E-state index < -0.39 is 35.1 Å². The third-order valence-corrected chi connectivity index (χ3v) is 4.27. The molecule has 3 rings (SSSR count). The number of amides is 1. The molecule has 0 saturated carbocycles. The standard InChI is InChI=1S/C21H15F5N4O2/c22-12-5-11(6-13(23)7-12)9-28-17-8-18(29-10-15(17)20(27)32)30-16-4-2-1-3-14(16)19(31)21(24,25)26/h1-8,10H,9H2,(H2,27,32)(H2,28,29,30). The van der Waals surface area contributed by atoms with E-state index in [4.69, 9.17) is 5.73 Å². The molecular weight excluding hydrogens is 435 g/mol. The number of hydrogen-bond acceptors (Lipinski definition) is 5. The van der Waals surface area contributed by atoms with Gasteiger partial charge in [0.25, 0.3) is 11.7 Å². The van der Waals surface area contributed by atoms with Crippen molar-refractivity contribution < 1.29 is 31.5 Å². The number of hydrogen-bond donors (Lipinski definition) is 3. The van der Waals surface area contributed by atoms with E-state index in [1.54, 1.807) is 0 Å². The molecule has 1 aromatic heterocycles. The van der Waals surface area contributed by atoms with Gasteiger partial charge in [0, 0.05) is 24.9 Å². The lowest BCUT2D eigenvalue weighted by atomic mass is 10.1. The van der Waals surface area contributed by atoms with Crippen LogP contribution in [-0.4, -0.2) is 22.9 Å². The average Bonchev–Trinajstić information content (AvgIpc) is 2.71. The molecule has 0 bridgehead atoms. The van der Waals surface area contributed by atoms with E-state index >= 15 is 0 Å². The lowest BCUT2D eigenvalue weighted by Gasteiger charge is -2.15. The molecule has 11 heteroatoms. The molecule has 3 aromatic rings. The van der Waals surface area contributed by atoms with E-state index in [0.717, 1.165) is 24.4 Å². The van der Waals surface area contributed by atoms with Crippen molar-refractivity contribution in [2.75, 3.05) is 10.6 Å². The van der Waals surface area contributed by atoms with E-state index in [0.29, 0.717) is 6.07 Å². The number of carbonyl (C=O) groups is 2.